The zero-order valence-corrected chi connectivity index (χ0v) is 61.8. The van der Waals surface area contributed by atoms with E-state index in [2.05, 4.69) is 48.5 Å². The van der Waals surface area contributed by atoms with Crippen LogP contribution in [0.15, 0.2) is 0 Å². The Labute approximate surface area is 562 Å². The maximum absolute atomic E-state index is 13.1. The van der Waals surface area contributed by atoms with Crippen LogP contribution in [0.1, 0.15) is 370 Å². The van der Waals surface area contributed by atoms with Gasteiger partial charge >= 0.3 is 39.5 Å². The second-order valence-corrected chi connectivity index (χ2v) is 30.7. The highest BCUT2D eigenvalue weighted by molar-refractivity contribution is 7.47. The number of phosphoric acid groups is 2. The lowest BCUT2D eigenvalue weighted by Crippen LogP contribution is -2.30. The molecule has 19 heteroatoms. The molecule has 0 aromatic heterocycles. The molecular weight excluding hydrogens is 1210 g/mol. The van der Waals surface area contributed by atoms with Gasteiger partial charge in [-0.15, -0.1) is 0 Å². The molecule has 0 aromatic rings. The minimum Gasteiger partial charge on any atom is -0.462 e. The van der Waals surface area contributed by atoms with Gasteiger partial charge < -0.3 is 33.8 Å². The quantitative estimate of drug-likeness (QED) is 0.0222. The summed E-state index contributed by atoms with van der Waals surface area (Å²) in [6, 6.07) is 0. The van der Waals surface area contributed by atoms with Crippen molar-refractivity contribution < 1.29 is 80.2 Å². The molecule has 3 N–H and O–H groups in total. The molecule has 0 aromatic carbocycles. The molecule has 0 saturated carbocycles. The maximum Gasteiger partial charge on any atom is 0.472 e. The molecule has 546 valence electrons. The number of aliphatic hydroxyl groups excluding tert-OH is 1. The van der Waals surface area contributed by atoms with Crippen molar-refractivity contribution >= 4 is 39.5 Å². The van der Waals surface area contributed by atoms with Crippen molar-refractivity contribution in [2.75, 3.05) is 39.6 Å². The summed E-state index contributed by atoms with van der Waals surface area (Å²) in [6.45, 7) is 11.8. The lowest BCUT2D eigenvalue weighted by molar-refractivity contribution is -0.161. The van der Waals surface area contributed by atoms with Crippen LogP contribution in [0.25, 0.3) is 0 Å². The third kappa shape index (κ3) is 66.7. The summed E-state index contributed by atoms with van der Waals surface area (Å²) in [7, 11) is -9.90. The highest BCUT2D eigenvalue weighted by atomic mass is 31.2. The van der Waals surface area contributed by atoms with Crippen LogP contribution in [-0.2, 0) is 65.4 Å². The molecule has 0 aliphatic carbocycles. The van der Waals surface area contributed by atoms with E-state index in [1.54, 1.807) is 0 Å². The number of hydrogen-bond acceptors (Lipinski definition) is 15. The molecular formula is C73H142O17P2. The Hall–Kier alpha value is -1.94. The lowest BCUT2D eigenvalue weighted by Gasteiger charge is -2.21. The van der Waals surface area contributed by atoms with Gasteiger partial charge in [-0.1, -0.05) is 318 Å². The molecule has 0 rings (SSSR count). The first-order valence-corrected chi connectivity index (χ1v) is 40.8. The van der Waals surface area contributed by atoms with Crippen molar-refractivity contribution in [2.45, 2.75) is 388 Å². The van der Waals surface area contributed by atoms with Crippen molar-refractivity contribution in [3.05, 3.63) is 0 Å². The minimum absolute atomic E-state index is 0.106. The molecule has 2 unspecified atom stereocenters. The molecule has 0 fully saturated rings. The fraction of sp³-hybridized carbons (Fsp3) is 0.945. The SMILES string of the molecule is CCCCCCCCCCCCCC(=O)O[C@H](COC(=O)CCCCCCCCC(C)C)COP(=O)(O)OC[C@H](O)COP(=O)(O)OC[C@@H](COC(=O)CCCCCCCCCCCCCCC(C)C)OC(=O)CCCCCCCCCCCCCCCCC(C)C. The van der Waals surface area contributed by atoms with Gasteiger partial charge in [-0.3, -0.25) is 37.3 Å². The Bertz CT molecular complexity index is 1800. The van der Waals surface area contributed by atoms with Crippen LogP contribution in [0.3, 0.4) is 0 Å². The predicted molar refractivity (Wildman–Crippen MR) is 372 cm³/mol. The summed E-state index contributed by atoms with van der Waals surface area (Å²) in [5, 5.41) is 10.6. The van der Waals surface area contributed by atoms with Crippen molar-refractivity contribution in [3.8, 4) is 0 Å². The topological polar surface area (TPSA) is 237 Å². The molecule has 5 atom stereocenters. The van der Waals surface area contributed by atoms with E-state index in [1.807, 2.05) is 0 Å². The Morgan fingerprint density at radius 2 is 0.500 bits per heavy atom. The van der Waals surface area contributed by atoms with Crippen LogP contribution in [0.5, 0.6) is 0 Å². The number of unbranched alkanes of at least 4 members (excludes halogenated alkanes) is 39. The molecule has 17 nitrogen and oxygen atoms in total. The Morgan fingerprint density at radius 1 is 0.293 bits per heavy atom. The molecule has 0 spiro atoms. The van der Waals surface area contributed by atoms with Crippen LogP contribution in [0.2, 0.25) is 0 Å². The molecule has 0 heterocycles. The first-order valence-electron chi connectivity index (χ1n) is 37.8. The van der Waals surface area contributed by atoms with Crippen LogP contribution >= 0.6 is 15.6 Å². The van der Waals surface area contributed by atoms with Gasteiger partial charge in [0.1, 0.15) is 19.3 Å². The number of hydrogen-bond donors (Lipinski definition) is 3. The standard InChI is InChI=1S/C73H142O17P2/c1-8-9-10-11-12-13-20-28-33-42-49-56-72(77)90-69(61-84-71(76)55-48-41-36-35-39-46-53-66(6)7)63-88-92(81,82)86-59-67(74)58-85-91(79,80)87-62-68(60-83-70(75)54-47-40-32-27-23-19-18-22-26-31-38-45-52-65(4)5)89-73(78)57-50-43-34-29-24-17-15-14-16-21-25-30-37-44-51-64(2)3/h64-69,74H,8-63H2,1-7H3,(H,79,80)(H,81,82)/t67-,68-,69-/m1/s1. The van der Waals surface area contributed by atoms with Crippen molar-refractivity contribution in [3.63, 3.8) is 0 Å². The van der Waals surface area contributed by atoms with Crippen molar-refractivity contribution in [2.24, 2.45) is 17.8 Å². The maximum atomic E-state index is 13.1. The van der Waals surface area contributed by atoms with Crippen molar-refractivity contribution in [1.82, 2.24) is 0 Å². The number of carbonyl (C=O) groups is 4. The largest absolute Gasteiger partial charge is 0.472 e. The van der Waals surface area contributed by atoms with Gasteiger partial charge in [-0.05, 0) is 43.4 Å². The summed E-state index contributed by atoms with van der Waals surface area (Å²) in [4.78, 5) is 72.6. The third-order valence-corrected chi connectivity index (χ3v) is 18.8. The first kappa shape index (κ1) is 90.1. The predicted octanol–water partition coefficient (Wildman–Crippen LogP) is 21.0. The van der Waals surface area contributed by atoms with Gasteiger partial charge in [0, 0.05) is 25.7 Å². The van der Waals surface area contributed by atoms with E-state index in [1.165, 1.54) is 173 Å². The molecule has 0 bridgehead atoms. The van der Waals surface area contributed by atoms with Gasteiger partial charge in [-0.2, -0.15) is 0 Å². The van der Waals surface area contributed by atoms with Gasteiger partial charge in [0.25, 0.3) is 0 Å². The Kier molecular flexibility index (Phi) is 62.4. The first-order chi connectivity index (χ1) is 44.2. The van der Waals surface area contributed by atoms with Crippen molar-refractivity contribution in [1.29, 1.82) is 0 Å². The third-order valence-electron chi connectivity index (χ3n) is 16.9. The molecule has 0 aliphatic heterocycles. The molecule has 0 amide bonds. The molecule has 92 heavy (non-hydrogen) atoms. The number of aliphatic hydroxyl groups is 1. The van der Waals surface area contributed by atoms with Gasteiger partial charge in [-0.25, -0.2) is 9.13 Å². The summed E-state index contributed by atoms with van der Waals surface area (Å²) in [5.74, 6) is 0.134. The Balaban J connectivity index is 5.23. The van der Waals surface area contributed by atoms with E-state index < -0.39 is 97.5 Å². The lowest BCUT2D eigenvalue weighted by atomic mass is 10.0. The summed E-state index contributed by atoms with van der Waals surface area (Å²) in [5.41, 5.74) is 0. The van der Waals surface area contributed by atoms with E-state index in [0.29, 0.717) is 31.6 Å². The number of esters is 4. The second kappa shape index (κ2) is 63.8. The zero-order chi connectivity index (χ0) is 68.0. The summed E-state index contributed by atoms with van der Waals surface area (Å²) < 4.78 is 68.4. The molecule has 0 saturated heterocycles. The fourth-order valence-electron chi connectivity index (χ4n) is 11.1. The monoisotopic (exact) mass is 1350 g/mol. The second-order valence-electron chi connectivity index (χ2n) is 27.8. The van der Waals surface area contributed by atoms with Crippen LogP contribution in [-0.4, -0.2) is 96.7 Å². The zero-order valence-electron chi connectivity index (χ0n) is 60.0. The Morgan fingerprint density at radius 3 is 0.739 bits per heavy atom. The number of phosphoric ester groups is 2. The molecule has 0 radical (unpaired) electrons. The van der Waals surface area contributed by atoms with Gasteiger partial charge in [0.15, 0.2) is 12.2 Å². The highest BCUT2D eigenvalue weighted by Gasteiger charge is 2.30. The fourth-order valence-corrected chi connectivity index (χ4v) is 12.7. The van der Waals surface area contributed by atoms with Gasteiger partial charge in [0.05, 0.1) is 26.4 Å². The number of rotatable bonds is 71. The normalized spacial score (nSPS) is 14.1. The van der Waals surface area contributed by atoms with Gasteiger partial charge in [0.2, 0.25) is 0 Å². The number of carbonyl (C=O) groups excluding carboxylic acids is 4. The van der Waals surface area contributed by atoms with E-state index in [-0.39, 0.29) is 25.7 Å². The van der Waals surface area contributed by atoms with E-state index in [9.17, 15) is 43.2 Å². The average molecular weight is 1350 g/mol. The van der Waals surface area contributed by atoms with Crippen LogP contribution < -0.4 is 0 Å². The number of ether oxygens (including phenoxy) is 4. The smallest absolute Gasteiger partial charge is 0.462 e. The minimum atomic E-state index is -4.96. The average Bonchev–Trinajstić information content (AvgIpc) is 2.85. The summed E-state index contributed by atoms with van der Waals surface area (Å²) >= 11 is 0. The van der Waals surface area contributed by atoms with E-state index in [4.69, 9.17) is 37.0 Å². The molecule has 0 aliphatic rings. The van der Waals surface area contributed by atoms with E-state index in [0.717, 1.165) is 108 Å². The van der Waals surface area contributed by atoms with Crippen LogP contribution in [0, 0.1) is 17.8 Å². The highest BCUT2D eigenvalue weighted by Crippen LogP contribution is 2.45. The summed E-state index contributed by atoms with van der Waals surface area (Å²) in [6.07, 6.45) is 48.7. The van der Waals surface area contributed by atoms with E-state index >= 15 is 0 Å². The van der Waals surface area contributed by atoms with Crippen LogP contribution in [0.4, 0.5) is 0 Å².